The Morgan fingerprint density at radius 3 is 1.22 bits per heavy atom. The van der Waals surface area contributed by atoms with E-state index >= 15 is 0 Å². The summed E-state index contributed by atoms with van der Waals surface area (Å²) in [6.45, 7) is 51.5. The molecule has 1 atom stereocenters. The largest absolute Gasteiger partial charge is 0.381 e. The summed E-state index contributed by atoms with van der Waals surface area (Å²) < 4.78 is 5.32. The second-order valence-corrected chi connectivity index (χ2v) is 26.2. The quantitative estimate of drug-likeness (QED) is 0.245. The number of amides is 5. The summed E-state index contributed by atoms with van der Waals surface area (Å²) in [6, 6.07) is 0. The van der Waals surface area contributed by atoms with Gasteiger partial charge in [0.25, 0.3) is 0 Å². The van der Waals surface area contributed by atoms with Crippen molar-refractivity contribution in [3.63, 3.8) is 0 Å². The summed E-state index contributed by atoms with van der Waals surface area (Å²) in [5, 5.41) is 2.58. The van der Waals surface area contributed by atoms with Crippen molar-refractivity contribution in [2.75, 3.05) is 60.5 Å². The van der Waals surface area contributed by atoms with Gasteiger partial charge in [-0.2, -0.15) is 0 Å². The SMILES string of the molecule is CC(=O)CCC(C)(C)C.CC(=O)N1CCC(C(C)C)C1.CC(=O)N1CCC(C(C)C)CC1.CC(C)(C)CC(N)=O.CC(C)C1(C)CCOCC1.CN(C)C(=O)CC(C)(C)C.CNC(=O)CC(C)(C)C. The third-order valence-electron chi connectivity index (χ3n) is 12.7. The van der Waals surface area contributed by atoms with Crippen molar-refractivity contribution in [2.24, 2.45) is 62.4 Å². The molecule has 0 aromatic heterocycles. The van der Waals surface area contributed by atoms with Gasteiger partial charge < -0.3 is 35.3 Å². The zero-order valence-corrected chi connectivity index (χ0v) is 50.0. The number of nitrogens with two attached hydrogens (primary N) is 1. The van der Waals surface area contributed by atoms with E-state index < -0.39 is 0 Å². The molecule has 3 rings (SSSR count). The highest BCUT2D eigenvalue weighted by Gasteiger charge is 2.30. The van der Waals surface area contributed by atoms with Crippen LogP contribution in [0, 0.1) is 56.7 Å². The number of nitrogens with zero attached hydrogens (tertiary/aromatic N) is 3. The standard InChI is InChI=1S/C10H19NO.C9H17NO.C9H18O.C8H17NO.C8H16O.C7H15NO.C6H13NO/c1-8(2)10-4-6-11(7-5-10)9(3)12;1-7(2)9-4-5-10(6-9)8(3)11;1-8(2)9(3)4-6-10-7-5-9;1-8(2,3)6-7(10)9(4)5;1-7(9)5-6-8(2,3)4;1-7(2,3)5-6(9)8-4;1-6(2,3)4-5(7)8/h8,10H,4-7H2,1-3H3;7,9H,4-6H2,1-3H3;8H,4-7H2,1-3H3;6H2,1-5H3;5-6H2,1-4H3;5H2,1-4H3,(H,8,9);4H2,1-3H3,(H2,7,8). The van der Waals surface area contributed by atoms with Crippen molar-refractivity contribution in [1.29, 1.82) is 0 Å². The number of primary amides is 1. The molecule has 3 saturated heterocycles. The van der Waals surface area contributed by atoms with Gasteiger partial charge in [-0.15, -0.1) is 0 Å². The number of piperidine rings is 1. The van der Waals surface area contributed by atoms with Crippen molar-refractivity contribution in [3.05, 3.63) is 0 Å². The second-order valence-electron chi connectivity index (χ2n) is 26.2. The molecule has 0 aliphatic carbocycles. The highest BCUT2D eigenvalue weighted by molar-refractivity contribution is 5.77. The average Bonchev–Trinajstić information content (AvgIpc) is 3.68. The van der Waals surface area contributed by atoms with Gasteiger partial charge in [-0.25, -0.2) is 0 Å². The molecule has 3 aliphatic rings. The lowest BCUT2D eigenvalue weighted by Gasteiger charge is -2.37. The first-order chi connectivity index (χ1) is 31.0. The van der Waals surface area contributed by atoms with Crippen LogP contribution in [0.2, 0.25) is 0 Å². The number of rotatable bonds is 8. The molecule has 69 heavy (non-hydrogen) atoms. The minimum absolute atomic E-state index is 0.0475. The van der Waals surface area contributed by atoms with E-state index in [0.29, 0.717) is 35.9 Å². The monoisotopic (exact) mass is 982 g/mol. The number of carbonyl (C=O) groups excluding carboxylic acids is 6. The minimum Gasteiger partial charge on any atom is -0.381 e. The van der Waals surface area contributed by atoms with Crippen molar-refractivity contribution in [2.45, 2.75) is 217 Å². The molecule has 0 aromatic carbocycles. The number of likely N-dealkylation sites (tertiary alicyclic amines) is 2. The average molecular weight is 983 g/mol. The highest BCUT2D eigenvalue weighted by atomic mass is 16.5. The molecule has 3 aliphatic heterocycles. The Labute approximate surface area is 426 Å². The van der Waals surface area contributed by atoms with Gasteiger partial charge >= 0.3 is 0 Å². The van der Waals surface area contributed by atoms with Gasteiger partial charge in [-0.3, -0.25) is 24.0 Å². The van der Waals surface area contributed by atoms with Crippen LogP contribution in [0.3, 0.4) is 0 Å². The Morgan fingerprint density at radius 2 is 1.03 bits per heavy atom. The van der Waals surface area contributed by atoms with Crippen molar-refractivity contribution >= 4 is 35.3 Å². The van der Waals surface area contributed by atoms with E-state index in [4.69, 9.17) is 10.5 Å². The van der Waals surface area contributed by atoms with E-state index in [9.17, 15) is 28.8 Å². The molecule has 3 fully saturated rings. The highest BCUT2D eigenvalue weighted by Crippen LogP contribution is 2.37. The van der Waals surface area contributed by atoms with Gasteiger partial charge in [-0.1, -0.05) is 132 Å². The topological polar surface area (TPSA) is 159 Å². The van der Waals surface area contributed by atoms with E-state index in [2.05, 4.69) is 95.3 Å². The summed E-state index contributed by atoms with van der Waals surface area (Å²) in [5.41, 5.74) is 6.08. The second kappa shape index (κ2) is 35.2. The number of hydrogen-bond donors (Lipinski definition) is 2. The van der Waals surface area contributed by atoms with Crippen LogP contribution in [0.1, 0.15) is 217 Å². The zero-order valence-electron chi connectivity index (χ0n) is 50.0. The van der Waals surface area contributed by atoms with Crippen molar-refractivity contribution in [1.82, 2.24) is 20.0 Å². The molecule has 0 spiro atoms. The number of hydrogen-bond acceptors (Lipinski definition) is 7. The maximum absolute atomic E-state index is 11.1. The molecule has 410 valence electrons. The Hall–Kier alpha value is -3.02. The van der Waals surface area contributed by atoms with Crippen LogP contribution in [0.15, 0.2) is 0 Å². The molecular formula is C57H115N5O7. The molecule has 0 saturated carbocycles. The summed E-state index contributed by atoms with van der Waals surface area (Å²) in [4.78, 5) is 70.0. The molecule has 12 nitrogen and oxygen atoms in total. The first kappa shape index (κ1) is 72.5. The molecule has 0 bridgehead atoms. The predicted octanol–water partition coefficient (Wildman–Crippen LogP) is 11.9. The number of ether oxygens (including phenoxy) is 1. The fourth-order valence-electron chi connectivity index (χ4n) is 7.17. The van der Waals surface area contributed by atoms with Gasteiger partial charge in [0.2, 0.25) is 29.5 Å². The fraction of sp³-hybridized carbons (Fsp3) is 0.895. The summed E-state index contributed by atoms with van der Waals surface area (Å²) in [5.74, 6) is 4.72. The third kappa shape index (κ3) is 45.8. The zero-order chi connectivity index (χ0) is 55.3. The summed E-state index contributed by atoms with van der Waals surface area (Å²) in [6.07, 6.45) is 9.48. The van der Waals surface area contributed by atoms with Crippen molar-refractivity contribution in [3.8, 4) is 0 Å². The Balaban J connectivity index is -0.000000359. The lowest BCUT2D eigenvalue weighted by atomic mass is 9.73. The van der Waals surface area contributed by atoms with E-state index in [1.54, 1.807) is 46.8 Å². The molecule has 0 radical (unpaired) electrons. The van der Waals surface area contributed by atoms with Gasteiger partial charge in [0.15, 0.2) is 0 Å². The van der Waals surface area contributed by atoms with Gasteiger partial charge in [-0.05, 0) is 102 Å². The number of nitrogens with one attached hydrogen (secondary N) is 1. The van der Waals surface area contributed by atoms with E-state index in [1.807, 2.05) is 51.3 Å². The predicted molar refractivity (Wildman–Crippen MR) is 292 cm³/mol. The first-order valence-corrected chi connectivity index (χ1v) is 26.3. The van der Waals surface area contributed by atoms with Crippen LogP contribution in [-0.4, -0.2) is 111 Å². The van der Waals surface area contributed by atoms with Crippen molar-refractivity contribution < 1.29 is 33.5 Å². The Bertz CT molecular complexity index is 1430. The normalized spacial score (nSPS) is 17.0. The maximum atomic E-state index is 11.1. The number of carbonyl (C=O) groups is 6. The van der Waals surface area contributed by atoms with Gasteiger partial charge in [0, 0.05) is 100 Å². The van der Waals surface area contributed by atoms with Gasteiger partial charge in [0.05, 0.1) is 0 Å². The van der Waals surface area contributed by atoms with Gasteiger partial charge in [0.1, 0.15) is 5.78 Å². The first-order valence-electron chi connectivity index (χ1n) is 26.3. The maximum Gasteiger partial charge on any atom is 0.222 e. The molecule has 1 unspecified atom stereocenters. The molecule has 0 aromatic rings. The van der Waals surface area contributed by atoms with E-state index in [-0.39, 0.29) is 45.8 Å². The molecule has 5 amide bonds. The molecule has 3 N–H and O–H groups in total. The van der Waals surface area contributed by atoms with Crippen LogP contribution in [-0.2, 0) is 33.5 Å². The van der Waals surface area contributed by atoms with Crippen LogP contribution < -0.4 is 11.1 Å². The van der Waals surface area contributed by atoms with E-state index in [0.717, 1.165) is 81.8 Å². The molecule has 3 heterocycles. The van der Waals surface area contributed by atoms with Crippen LogP contribution >= 0.6 is 0 Å². The Kier molecular flexibility index (Phi) is 37.0. The Morgan fingerprint density at radius 1 is 0.638 bits per heavy atom. The number of Topliss-reactive ketones (excluding diaryl/α,β-unsaturated/α-hetero) is 1. The lowest BCUT2D eigenvalue weighted by molar-refractivity contribution is -0.131. The lowest BCUT2D eigenvalue weighted by Crippen LogP contribution is -2.38. The summed E-state index contributed by atoms with van der Waals surface area (Å²) in [7, 11) is 5.23. The molecular weight excluding hydrogens is 867 g/mol. The minimum atomic E-state index is -0.225. The van der Waals surface area contributed by atoms with E-state index in [1.165, 1.54) is 32.1 Å². The molecule has 12 heteroatoms. The van der Waals surface area contributed by atoms with Crippen LogP contribution in [0.4, 0.5) is 0 Å². The fourth-order valence-corrected chi connectivity index (χ4v) is 7.17. The smallest absolute Gasteiger partial charge is 0.222 e. The van der Waals surface area contributed by atoms with Crippen LogP contribution in [0.25, 0.3) is 0 Å². The van der Waals surface area contributed by atoms with Crippen LogP contribution in [0.5, 0.6) is 0 Å². The number of ketones is 1. The third-order valence-corrected chi connectivity index (χ3v) is 12.7. The summed E-state index contributed by atoms with van der Waals surface area (Å²) >= 11 is 0.